The first-order valence-corrected chi connectivity index (χ1v) is 14.2. The lowest BCUT2D eigenvalue weighted by molar-refractivity contribution is -0.385. The quantitative estimate of drug-likeness (QED) is 0.257. The van der Waals surface area contributed by atoms with Crippen LogP contribution in [0.4, 0.5) is 10.1 Å². The number of sulfonamides is 1. The van der Waals surface area contributed by atoms with Gasteiger partial charge in [0.2, 0.25) is 15.9 Å². The van der Waals surface area contributed by atoms with Gasteiger partial charge in [-0.2, -0.15) is 9.78 Å². The summed E-state index contributed by atoms with van der Waals surface area (Å²) in [5.41, 5.74) is 0.156. The number of amides is 1. The summed E-state index contributed by atoms with van der Waals surface area (Å²) in [7, 11) is -4.25. The minimum Gasteiger partial charge on any atom is -0.437 e. The second kappa shape index (κ2) is 12.1. The van der Waals surface area contributed by atoms with Gasteiger partial charge in [-0.3, -0.25) is 14.9 Å². The molecule has 1 aliphatic rings. The van der Waals surface area contributed by atoms with Gasteiger partial charge in [0.25, 0.3) is 11.6 Å². The fourth-order valence-corrected chi connectivity index (χ4v) is 5.56. The average Bonchev–Trinajstić information content (AvgIpc) is 3.56. The first-order valence-electron chi connectivity index (χ1n) is 12.7. The van der Waals surface area contributed by atoms with E-state index in [1.165, 1.54) is 35.0 Å². The third kappa shape index (κ3) is 6.46. The molecular weight excluding hydrogens is 545 g/mol. The molecule has 4 rings (SSSR count). The van der Waals surface area contributed by atoms with Crippen LogP contribution < -0.4 is 14.8 Å². The van der Waals surface area contributed by atoms with Crippen molar-refractivity contribution < 1.29 is 32.0 Å². The number of non-ortho nitro benzene ring substituents is 1. The first kappa shape index (κ1) is 29.1. The Kier molecular flexibility index (Phi) is 8.81. The fourth-order valence-electron chi connectivity index (χ4n) is 4.09. The zero-order chi connectivity index (χ0) is 29.0. The summed E-state index contributed by atoms with van der Waals surface area (Å²) < 4.78 is 55.5. The molecule has 1 aromatic heterocycles. The van der Waals surface area contributed by atoms with Crippen LogP contribution in [0.15, 0.2) is 47.4 Å². The van der Waals surface area contributed by atoms with Gasteiger partial charge in [-0.15, -0.1) is 0 Å². The summed E-state index contributed by atoms with van der Waals surface area (Å²) in [5.74, 6) is -1.25. The normalized spacial score (nSPS) is 16.1. The zero-order valence-electron chi connectivity index (χ0n) is 22.2. The van der Waals surface area contributed by atoms with Gasteiger partial charge in [0.05, 0.1) is 16.7 Å². The topological polar surface area (TPSA) is 155 Å². The predicted octanol–water partition coefficient (Wildman–Crippen LogP) is 4.01. The second-order valence-electron chi connectivity index (χ2n) is 9.43. The Morgan fingerprint density at radius 3 is 2.65 bits per heavy atom. The number of halogens is 1. The Labute approximate surface area is 230 Å². The summed E-state index contributed by atoms with van der Waals surface area (Å²) in [6.45, 7) is 5.92. The summed E-state index contributed by atoms with van der Waals surface area (Å²) >= 11 is 0. The summed E-state index contributed by atoms with van der Waals surface area (Å²) in [5, 5.41) is 18.6. The number of ether oxygens (including phenoxy) is 2. The fraction of sp³-hybridized carbons (Fsp3) is 0.385. The lowest BCUT2D eigenvalue weighted by Gasteiger charge is -2.16. The third-order valence-corrected chi connectivity index (χ3v) is 8.08. The minimum absolute atomic E-state index is 0.00127. The molecule has 214 valence electrons. The van der Waals surface area contributed by atoms with Crippen molar-refractivity contribution in [1.29, 1.82) is 0 Å². The maximum absolute atomic E-state index is 13.7. The molecule has 0 aliphatic carbocycles. The molecular formula is C26H30FN5O7S. The molecule has 0 saturated carbocycles. The molecule has 2 atom stereocenters. The van der Waals surface area contributed by atoms with Crippen molar-refractivity contribution in [2.45, 2.75) is 57.1 Å². The molecule has 2 aromatic carbocycles. The highest BCUT2D eigenvalue weighted by Gasteiger charge is 2.29. The smallest absolute Gasteiger partial charge is 0.272 e. The molecule has 0 unspecified atom stereocenters. The van der Waals surface area contributed by atoms with Gasteiger partial charge < -0.3 is 14.8 Å². The molecule has 0 radical (unpaired) electrons. The largest absolute Gasteiger partial charge is 0.437 e. The maximum Gasteiger partial charge on any atom is 0.272 e. The Bertz CT molecular complexity index is 1500. The molecule has 2 heterocycles. The van der Waals surface area contributed by atoms with Gasteiger partial charge in [-0.1, -0.05) is 6.92 Å². The lowest BCUT2D eigenvalue weighted by Crippen LogP contribution is -2.32. The molecule has 1 saturated heterocycles. The minimum atomic E-state index is -4.25. The number of hydrogen-bond acceptors (Lipinski definition) is 8. The van der Waals surface area contributed by atoms with E-state index in [0.29, 0.717) is 18.7 Å². The molecule has 1 amide bonds. The van der Waals surface area contributed by atoms with Crippen LogP contribution in [0.25, 0.3) is 5.69 Å². The van der Waals surface area contributed by atoms with Crippen molar-refractivity contribution in [2.75, 3.05) is 13.2 Å². The Balaban J connectivity index is 1.78. The van der Waals surface area contributed by atoms with Gasteiger partial charge >= 0.3 is 0 Å². The van der Waals surface area contributed by atoms with E-state index in [2.05, 4.69) is 15.1 Å². The first-order chi connectivity index (χ1) is 19.0. The van der Waals surface area contributed by atoms with Crippen molar-refractivity contribution >= 4 is 21.6 Å². The summed E-state index contributed by atoms with van der Waals surface area (Å²) in [4.78, 5) is 23.4. The molecule has 0 spiro atoms. The Morgan fingerprint density at radius 1 is 1.30 bits per heavy atom. The highest BCUT2D eigenvalue weighted by atomic mass is 32.2. The van der Waals surface area contributed by atoms with Crippen LogP contribution in [0, 0.1) is 22.9 Å². The van der Waals surface area contributed by atoms with E-state index in [9.17, 15) is 27.7 Å². The second-order valence-corrected chi connectivity index (χ2v) is 11.1. The number of benzene rings is 2. The van der Waals surface area contributed by atoms with Crippen molar-refractivity contribution in [1.82, 2.24) is 19.8 Å². The zero-order valence-corrected chi connectivity index (χ0v) is 23.0. The van der Waals surface area contributed by atoms with Gasteiger partial charge in [0.1, 0.15) is 16.5 Å². The third-order valence-electron chi connectivity index (χ3n) is 6.47. The van der Waals surface area contributed by atoms with Crippen molar-refractivity contribution in [3.8, 4) is 17.3 Å². The Morgan fingerprint density at radius 2 is 2.02 bits per heavy atom. The summed E-state index contributed by atoms with van der Waals surface area (Å²) in [6, 6.07) is 7.96. The molecule has 12 nitrogen and oxygen atoms in total. The average molecular weight is 576 g/mol. The van der Waals surface area contributed by atoms with Crippen molar-refractivity contribution in [3.05, 3.63) is 69.7 Å². The molecule has 3 aromatic rings. The number of aromatic nitrogens is 2. The molecule has 14 heteroatoms. The van der Waals surface area contributed by atoms with Crippen LogP contribution in [0.5, 0.6) is 11.6 Å². The van der Waals surface area contributed by atoms with Crippen LogP contribution in [0.1, 0.15) is 49.2 Å². The van der Waals surface area contributed by atoms with Gasteiger partial charge in [0.15, 0.2) is 5.69 Å². The SMILES string of the molecule is CC[C@H](C)NS(=O)(=O)c1cc([N+](=O)[O-])ccc1Oc1c(C)c(C(=O)NC[C@H]2CCCO2)nn1-c1ccc(F)cc1. The van der Waals surface area contributed by atoms with Crippen LogP contribution in [0.2, 0.25) is 0 Å². The number of nitro groups is 1. The molecule has 40 heavy (non-hydrogen) atoms. The number of carbonyl (C=O) groups is 1. The number of nitrogens with one attached hydrogen (secondary N) is 2. The van der Waals surface area contributed by atoms with Crippen molar-refractivity contribution in [3.63, 3.8) is 0 Å². The summed E-state index contributed by atoms with van der Waals surface area (Å²) in [6.07, 6.45) is 2.10. The van der Waals surface area contributed by atoms with Gasteiger partial charge in [0, 0.05) is 36.9 Å². The number of nitro benzene ring substituents is 1. The van der Waals surface area contributed by atoms with E-state index < -0.39 is 43.3 Å². The van der Waals surface area contributed by atoms with E-state index in [1.54, 1.807) is 20.8 Å². The van der Waals surface area contributed by atoms with Gasteiger partial charge in [-0.05, 0) is 63.4 Å². The van der Waals surface area contributed by atoms with E-state index in [1.807, 2.05) is 0 Å². The number of nitrogens with zero attached hydrogens (tertiary/aromatic N) is 3. The Hall–Kier alpha value is -3.88. The van der Waals surface area contributed by atoms with E-state index in [0.717, 1.165) is 25.0 Å². The van der Waals surface area contributed by atoms with Crippen LogP contribution >= 0.6 is 0 Å². The van der Waals surface area contributed by atoms with Crippen molar-refractivity contribution in [2.24, 2.45) is 0 Å². The number of carbonyl (C=O) groups excluding carboxylic acids is 1. The maximum atomic E-state index is 13.7. The van der Waals surface area contributed by atoms with Crippen LogP contribution in [-0.2, 0) is 14.8 Å². The lowest BCUT2D eigenvalue weighted by atomic mass is 10.2. The number of hydrogen-bond donors (Lipinski definition) is 2. The van der Waals surface area contributed by atoms with Gasteiger partial charge in [-0.25, -0.2) is 17.5 Å². The monoisotopic (exact) mass is 575 g/mol. The van der Waals surface area contributed by atoms with E-state index in [-0.39, 0.29) is 35.5 Å². The van der Waals surface area contributed by atoms with Crippen LogP contribution in [0.3, 0.4) is 0 Å². The standard InChI is InChI=1S/C26H30FN5O7S/c1-4-16(2)30-40(36,37)23-14-20(32(34)35)11-12-22(23)39-26-17(3)24(25(33)28-15-21-6-5-13-38-21)29-31(26)19-9-7-18(27)8-10-19/h7-12,14,16,21,30H,4-6,13,15H2,1-3H3,(H,28,33)/t16-,21+/m0/s1. The molecule has 1 aliphatic heterocycles. The molecule has 0 bridgehead atoms. The van der Waals surface area contributed by atoms with E-state index >= 15 is 0 Å². The highest BCUT2D eigenvalue weighted by molar-refractivity contribution is 7.89. The van der Waals surface area contributed by atoms with E-state index in [4.69, 9.17) is 9.47 Å². The van der Waals surface area contributed by atoms with Crippen LogP contribution in [-0.4, -0.2) is 54.3 Å². The highest BCUT2D eigenvalue weighted by Crippen LogP contribution is 2.36. The number of rotatable bonds is 11. The molecule has 2 N–H and O–H groups in total. The molecule has 1 fully saturated rings. The predicted molar refractivity (Wildman–Crippen MR) is 143 cm³/mol.